The van der Waals surface area contributed by atoms with Crippen molar-refractivity contribution in [1.29, 1.82) is 0 Å². The Kier molecular flexibility index (Phi) is 7.64. The largest absolute Gasteiger partial charge is 0.252 e. The Morgan fingerprint density at radius 1 is 0.393 bits per heavy atom. The van der Waals surface area contributed by atoms with Crippen LogP contribution in [0.1, 0.15) is 50.7 Å². The van der Waals surface area contributed by atoms with Crippen LogP contribution in [0.25, 0.3) is 106 Å². The van der Waals surface area contributed by atoms with Gasteiger partial charge in [-0.2, -0.15) is 0 Å². The molecule has 0 unspecified atom stereocenters. The maximum absolute atomic E-state index is 5.49. The van der Waals surface area contributed by atoms with E-state index in [2.05, 4.69) is 167 Å². The summed E-state index contributed by atoms with van der Waals surface area (Å²) >= 11 is 3.86. The highest BCUT2D eigenvalue weighted by atomic mass is 32.1. The first-order valence-electron chi connectivity index (χ1n) is 19.5. The number of benzene rings is 8. The Labute approximate surface area is 333 Å². The molecule has 3 aromatic heterocycles. The van der Waals surface area contributed by atoms with E-state index in [9.17, 15) is 0 Å². The molecule has 0 saturated heterocycles. The molecule has 0 bridgehead atoms. The van der Waals surface area contributed by atoms with Crippen LogP contribution in [-0.2, 0) is 0 Å². The number of aromatic nitrogens is 2. The van der Waals surface area contributed by atoms with Crippen LogP contribution in [0.5, 0.6) is 0 Å². The van der Waals surface area contributed by atoms with Crippen molar-refractivity contribution in [2.75, 3.05) is 0 Å². The van der Waals surface area contributed by atoms with E-state index in [4.69, 9.17) is 9.97 Å². The lowest BCUT2D eigenvalue weighted by atomic mass is 9.93. The quantitative estimate of drug-likeness (QED) is 0.164. The number of fused-ring (bicyclic) bond motifs is 12. The van der Waals surface area contributed by atoms with Gasteiger partial charge < -0.3 is 0 Å². The molecule has 0 aliphatic carbocycles. The fourth-order valence-electron chi connectivity index (χ4n) is 8.90. The molecule has 0 aliphatic rings. The van der Waals surface area contributed by atoms with Gasteiger partial charge in [-0.15, -0.1) is 22.7 Å². The fourth-order valence-corrected chi connectivity index (χ4v) is 11.9. The normalized spacial score (nSPS) is 12.2. The highest BCUT2D eigenvalue weighted by Crippen LogP contribution is 2.47. The minimum absolute atomic E-state index is 0.447. The summed E-state index contributed by atoms with van der Waals surface area (Å²) in [6.07, 6.45) is 1.98. The van der Waals surface area contributed by atoms with Gasteiger partial charge in [0.1, 0.15) is 0 Å². The molecule has 0 aliphatic heterocycles. The van der Waals surface area contributed by atoms with Crippen LogP contribution in [0.3, 0.4) is 0 Å². The summed E-state index contributed by atoms with van der Waals surface area (Å²) < 4.78 is 5.42. The highest BCUT2D eigenvalue weighted by Gasteiger charge is 2.20. The SMILES string of the molecule is CC(C)c1cccc2c1sc1c(-c3cc(-c4cnc5c6ccccc6c6ccccc6c5n4)cc(-c4cccc5c4sc4c(C(C)C)cccc45)c3)cccc12. The maximum atomic E-state index is 5.49. The van der Waals surface area contributed by atoms with E-state index < -0.39 is 0 Å². The Morgan fingerprint density at radius 3 is 1.30 bits per heavy atom. The molecule has 0 amide bonds. The molecule has 0 saturated carbocycles. The van der Waals surface area contributed by atoms with E-state index in [-0.39, 0.29) is 0 Å². The maximum Gasteiger partial charge on any atom is 0.0979 e. The van der Waals surface area contributed by atoms with Gasteiger partial charge in [-0.3, -0.25) is 4.98 Å². The Balaban J connectivity index is 1.21. The predicted molar refractivity (Wildman–Crippen MR) is 245 cm³/mol. The molecular formula is C52H38N2S2. The van der Waals surface area contributed by atoms with E-state index in [1.54, 1.807) is 0 Å². The summed E-state index contributed by atoms with van der Waals surface area (Å²) in [6.45, 7) is 9.19. The van der Waals surface area contributed by atoms with Crippen LogP contribution < -0.4 is 0 Å². The van der Waals surface area contributed by atoms with E-state index in [1.807, 2.05) is 28.9 Å². The van der Waals surface area contributed by atoms with E-state index in [1.165, 1.54) is 84.5 Å². The highest BCUT2D eigenvalue weighted by molar-refractivity contribution is 7.27. The zero-order valence-corrected chi connectivity index (χ0v) is 33.4. The average Bonchev–Trinajstić information content (AvgIpc) is 3.82. The van der Waals surface area contributed by atoms with Crippen molar-refractivity contribution >= 4 is 95.6 Å². The lowest BCUT2D eigenvalue weighted by Crippen LogP contribution is -1.93. The standard InChI is InChI=1S/C52H38N2S2/c1-29(2)34-17-9-21-42-44-23-11-19-36(51(44)55-49(34)42)31-25-32(37-20-12-24-45-43-22-10-18-35(30(3)4)50(43)56-52(37)45)27-33(26-31)46-28-53-47-40-15-7-5-13-38(40)39-14-6-8-16-41(39)48(47)54-46/h5-30H,1-4H3. The number of hydrogen-bond acceptors (Lipinski definition) is 4. The predicted octanol–water partition coefficient (Wildman–Crippen LogP) is 15.9. The van der Waals surface area contributed by atoms with Gasteiger partial charge in [0.2, 0.25) is 0 Å². The minimum atomic E-state index is 0.447. The first-order valence-corrected chi connectivity index (χ1v) is 21.2. The van der Waals surface area contributed by atoms with Crippen LogP contribution in [0, 0.1) is 0 Å². The second kappa shape index (κ2) is 12.8. The van der Waals surface area contributed by atoms with Crippen molar-refractivity contribution in [3.8, 4) is 33.5 Å². The van der Waals surface area contributed by atoms with Crippen LogP contribution in [0.4, 0.5) is 0 Å². The van der Waals surface area contributed by atoms with Crippen LogP contribution in [-0.4, -0.2) is 9.97 Å². The molecule has 0 fully saturated rings. The third-order valence-corrected chi connectivity index (χ3v) is 14.2. The molecule has 0 N–H and O–H groups in total. The summed E-state index contributed by atoms with van der Waals surface area (Å²) in [4.78, 5) is 10.7. The van der Waals surface area contributed by atoms with Crippen molar-refractivity contribution in [3.05, 3.63) is 157 Å². The number of rotatable bonds is 5. The third kappa shape index (κ3) is 5.06. The van der Waals surface area contributed by atoms with Crippen molar-refractivity contribution in [2.24, 2.45) is 0 Å². The number of nitrogens with zero attached hydrogens (tertiary/aromatic N) is 2. The van der Waals surface area contributed by atoms with Gasteiger partial charge in [-0.05, 0) is 74.2 Å². The van der Waals surface area contributed by atoms with Gasteiger partial charge in [0.25, 0.3) is 0 Å². The molecule has 3 heterocycles. The first kappa shape index (κ1) is 33.4. The minimum Gasteiger partial charge on any atom is -0.252 e. The van der Waals surface area contributed by atoms with Gasteiger partial charge in [-0.1, -0.05) is 149 Å². The lowest BCUT2D eigenvalue weighted by molar-refractivity contribution is 0.878. The molecule has 8 aromatic carbocycles. The zero-order valence-electron chi connectivity index (χ0n) is 31.7. The van der Waals surface area contributed by atoms with Crippen molar-refractivity contribution in [3.63, 3.8) is 0 Å². The molecule has 56 heavy (non-hydrogen) atoms. The molecule has 4 heteroatoms. The van der Waals surface area contributed by atoms with Gasteiger partial charge in [-0.25, -0.2) is 4.98 Å². The summed E-state index contributed by atoms with van der Waals surface area (Å²) in [5, 5.41) is 9.96. The summed E-state index contributed by atoms with van der Waals surface area (Å²) in [5.41, 5.74) is 11.5. The first-order chi connectivity index (χ1) is 27.4. The van der Waals surface area contributed by atoms with Gasteiger partial charge >= 0.3 is 0 Å². The summed E-state index contributed by atoms with van der Waals surface area (Å²) in [7, 11) is 0. The van der Waals surface area contributed by atoms with Crippen LogP contribution in [0.2, 0.25) is 0 Å². The Bertz CT molecular complexity index is 3200. The van der Waals surface area contributed by atoms with Crippen molar-refractivity contribution in [1.82, 2.24) is 9.97 Å². The third-order valence-electron chi connectivity index (χ3n) is 11.6. The van der Waals surface area contributed by atoms with Gasteiger partial charge in [0.05, 0.1) is 22.9 Å². The van der Waals surface area contributed by atoms with E-state index >= 15 is 0 Å². The van der Waals surface area contributed by atoms with Crippen LogP contribution in [0.15, 0.2) is 146 Å². The molecule has 2 nitrogen and oxygen atoms in total. The monoisotopic (exact) mass is 754 g/mol. The van der Waals surface area contributed by atoms with Crippen molar-refractivity contribution < 1.29 is 0 Å². The second-order valence-corrected chi connectivity index (χ2v) is 17.7. The molecule has 11 rings (SSSR count). The number of hydrogen-bond donors (Lipinski definition) is 0. The average molecular weight is 755 g/mol. The lowest BCUT2D eigenvalue weighted by Gasteiger charge is -2.14. The molecular weight excluding hydrogens is 717 g/mol. The molecule has 0 radical (unpaired) electrons. The smallest absolute Gasteiger partial charge is 0.0979 e. The zero-order chi connectivity index (χ0) is 37.7. The molecule has 0 spiro atoms. The topological polar surface area (TPSA) is 25.8 Å². The number of thiophene rings is 2. The Hall–Kier alpha value is -5.94. The second-order valence-electron chi connectivity index (χ2n) is 15.7. The molecule has 11 aromatic rings. The summed E-state index contributed by atoms with van der Waals surface area (Å²) in [5.74, 6) is 0.894. The fraction of sp³-hybridized carbons (Fsp3) is 0.115. The molecule has 0 atom stereocenters. The Morgan fingerprint density at radius 2 is 0.804 bits per heavy atom. The molecule has 268 valence electrons. The van der Waals surface area contributed by atoms with E-state index in [0.29, 0.717) is 11.8 Å². The van der Waals surface area contributed by atoms with Gasteiger partial charge in [0, 0.05) is 56.7 Å². The van der Waals surface area contributed by atoms with E-state index in [0.717, 1.165) is 33.1 Å². The van der Waals surface area contributed by atoms with Gasteiger partial charge in [0.15, 0.2) is 0 Å². The van der Waals surface area contributed by atoms with Crippen molar-refractivity contribution in [2.45, 2.75) is 39.5 Å². The summed E-state index contributed by atoms with van der Waals surface area (Å²) in [6, 6.07) is 51.5. The van der Waals surface area contributed by atoms with Crippen LogP contribution >= 0.6 is 22.7 Å².